The van der Waals surface area contributed by atoms with E-state index < -0.39 is 5.60 Å². The van der Waals surface area contributed by atoms with Crippen LogP contribution in [0, 0.1) is 0 Å². The predicted octanol–water partition coefficient (Wildman–Crippen LogP) is 3.64. The van der Waals surface area contributed by atoms with Gasteiger partial charge in [0.05, 0.1) is 5.60 Å². The molecule has 0 saturated heterocycles. The summed E-state index contributed by atoms with van der Waals surface area (Å²) in [5.41, 5.74) is 1.51. The Kier molecular flexibility index (Phi) is 3.26. The first-order chi connectivity index (χ1) is 9.26. The Morgan fingerprint density at radius 3 is 2.47 bits per heavy atom. The summed E-state index contributed by atoms with van der Waals surface area (Å²) >= 11 is 0. The summed E-state index contributed by atoms with van der Waals surface area (Å²) in [6.07, 6.45) is 2.82. The molecule has 0 unspecified atom stereocenters. The fourth-order valence-corrected chi connectivity index (χ4v) is 2.42. The molecule has 2 aromatic carbocycles. The molecule has 1 aliphatic rings. The molecule has 0 amide bonds. The van der Waals surface area contributed by atoms with Crippen molar-refractivity contribution in [2.75, 3.05) is 0 Å². The van der Waals surface area contributed by atoms with Crippen LogP contribution >= 0.6 is 0 Å². The van der Waals surface area contributed by atoms with Gasteiger partial charge in [0, 0.05) is 0 Å². The van der Waals surface area contributed by atoms with Crippen molar-refractivity contribution in [3.63, 3.8) is 0 Å². The van der Waals surface area contributed by atoms with Crippen molar-refractivity contribution in [1.29, 1.82) is 0 Å². The summed E-state index contributed by atoms with van der Waals surface area (Å²) in [4.78, 5) is 0. The Bertz CT molecular complexity index is 544. The Morgan fingerprint density at radius 2 is 1.79 bits per heavy atom. The van der Waals surface area contributed by atoms with Crippen LogP contribution in [0.4, 0.5) is 0 Å². The minimum absolute atomic E-state index is 0.558. The van der Waals surface area contributed by atoms with Gasteiger partial charge in [-0.05, 0) is 42.5 Å². The first kappa shape index (κ1) is 12.2. The lowest BCUT2D eigenvalue weighted by Crippen LogP contribution is -2.33. The summed E-state index contributed by atoms with van der Waals surface area (Å²) in [6.45, 7) is 0.558. The van der Waals surface area contributed by atoms with Gasteiger partial charge in [0.15, 0.2) is 0 Å². The van der Waals surface area contributed by atoms with Crippen molar-refractivity contribution < 1.29 is 9.84 Å². The van der Waals surface area contributed by atoms with Gasteiger partial charge in [0.25, 0.3) is 0 Å². The predicted molar refractivity (Wildman–Crippen MR) is 75.0 cm³/mol. The van der Waals surface area contributed by atoms with Crippen molar-refractivity contribution >= 4 is 0 Å². The summed E-state index contributed by atoms with van der Waals surface area (Å²) in [7, 11) is 0. The average Bonchev–Trinajstić information content (AvgIpc) is 2.44. The highest BCUT2D eigenvalue weighted by Gasteiger charge is 2.36. The number of rotatable bonds is 4. The van der Waals surface area contributed by atoms with E-state index in [-0.39, 0.29) is 0 Å². The summed E-state index contributed by atoms with van der Waals surface area (Å²) < 4.78 is 5.79. The number of aliphatic hydroxyl groups is 1. The summed E-state index contributed by atoms with van der Waals surface area (Å²) in [5, 5.41) is 10.3. The van der Waals surface area contributed by atoms with Gasteiger partial charge in [-0.2, -0.15) is 0 Å². The SMILES string of the molecule is OC1(c2cccc(OCc3ccccc3)c2)CCC1. The number of hydrogen-bond acceptors (Lipinski definition) is 2. The highest BCUT2D eigenvalue weighted by Crippen LogP contribution is 2.41. The molecule has 2 nitrogen and oxygen atoms in total. The molecular weight excluding hydrogens is 236 g/mol. The largest absolute Gasteiger partial charge is 0.489 e. The average molecular weight is 254 g/mol. The molecule has 0 bridgehead atoms. The zero-order valence-electron chi connectivity index (χ0n) is 10.9. The molecule has 0 aromatic heterocycles. The standard InChI is InChI=1S/C17H18O2/c18-17(10-5-11-17)15-8-4-9-16(12-15)19-13-14-6-2-1-3-7-14/h1-4,6-9,12,18H,5,10-11,13H2. The van der Waals surface area contributed by atoms with Crippen LogP contribution in [0.25, 0.3) is 0 Å². The van der Waals surface area contributed by atoms with E-state index in [9.17, 15) is 5.11 Å². The second kappa shape index (κ2) is 5.06. The molecule has 1 fully saturated rings. The minimum Gasteiger partial charge on any atom is -0.489 e. The molecule has 19 heavy (non-hydrogen) atoms. The summed E-state index contributed by atoms with van der Waals surface area (Å²) in [5.74, 6) is 0.821. The molecule has 0 atom stereocenters. The van der Waals surface area contributed by atoms with Gasteiger partial charge in [-0.15, -0.1) is 0 Å². The van der Waals surface area contributed by atoms with Gasteiger partial charge >= 0.3 is 0 Å². The highest BCUT2D eigenvalue weighted by molar-refractivity contribution is 5.33. The van der Waals surface area contributed by atoms with E-state index >= 15 is 0 Å². The second-order valence-electron chi connectivity index (χ2n) is 5.19. The van der Waals surface area contributed by atoms with Crippen molar-refractivity contribution in [2.24, 2.45) is 0 Å². The van der Waals surface area contributed by atoms with Gasteiger partial charge in [0.1, 0.15) is 12.4 Å². The lowest BCUT2D eigenvalue weighted by Gasteiger charge is -2.37. The molecule has 0 spiro atoms. The van der Waals surface area contributed by atoms with Gasteiger partial charge in [-0.25, -0.2) is 0 Å². The first-order valence-electron chi connectivity index (χ1n) is 6.76. The fourth-order valence-electron chi connectivity index (χ4n) is 2.42. The number of ether oxygens (including phenoxy) is 1. The molecule has 2 aromatic rings. The van der Waals surface area contributed by atoms with Gasteiger partial charge < -0.3 is 9.84 Å². The van der Waals surface area contributed by atoms with E-state index in [1.807, 2.05) is 54.6 Å². The van der Waals surface area contributed by atoms with Gasteiger partial charge in [0.2, 0.25) is 0 Å². The Balaban J connectivity index is 1.70. The quantitative estimate of drug-likeness (QED) is 0.902. The van der Waals surface area contributed by atoms with Crippen LogP contribution in [0.2, 0.25) is 0 Å². The third-order valence-corrected chi connectivity index (χ3v) is 3.80. The van der Waals surface area contributed by atoms with Crippen molar-refractivity contribution in [1.82, 2.24) is 0 Å². The van der Waals surface area contributed by atoms with E-state index in [0.29, 0.717) is 6.61 Å². The number of hydrogen-bond donors (Lipinski definition) is 1. The third-order valence-electron chi connectivity index (χ3n) is 3.80. The maximum atomic E-state index is 10.3. The van der Waals surface area contributed by atoms with Crippen LogP contribution < -0.4 is 4.74 Å². The normalized spacial score (nSPS) is 16.7. The van der Waals surface area contributed by atoms with Crippen molar-refractivity contribution in [3.8, 4) is 5.75 Å². The van der Waals surface area contributed by atoms with Crippen molar-refractivity contribution in [3.05, 3.63) is 65.7 Å². The molecular formula is C17H18O2. The van der Waals surface area contributed by atoms with E-state index in [0.717, 1.165) is 36.1 Å². The van der Waals surface area contributed by atoms with Crippen LogP contribution in [0.15, 0.2) is 54.6 Å². The monoisotopic (exact) mass is 254 g/mol. The molecule has 1 N–H and O–H groups in total. The van der Waals surface area contributed by atoms with E-state index in [1.165, 1.54) is 0 Å². The van der Waals surface area contributed by atoms with E-state index in [4.69, 9.17) is 4.74 Å². The van der Waals surface area contributed by atoms with Crippen LogP contribution in [0.1, 0.15) is 30.4 Å². The Labute approximate surface area is 113 Å². The highest BCUT2D eigenvalue weighted by atomic mass is 16.5. The molecule has 0 aliphatic heterocycles. The van der Waals surface area contributed by atoms with Crippen LogP contribution in [-0.2, 0) is 12.2 Å². The Hall–Kier alpha value is -1.80. The third kappa shape index (κ3) is 2.64. The lowest BCUT2D eigenvalue weighted by atomic mass is 9.75. The van der Waals surface area contributed by atoms with Gasteiger partial charge in [-0.3, -0.25) is 0 Å². The number of benzene rings is 2. The van der Waals surface area contributed by atoms with Crippen molar-refractivity contribution in [2.45, 2.75) is 31.5 Å². The second-order valence-corrected chi connectivity index (χ2v) is 5.19. The van der Waals surface area contributed by atoms with E-state index in [2.05, 4.69) is 0 Å². The molecule has 3 rings (SSSR count). The van der Waals surface area contributed by atoms with Crippen LogP contribution in [0.3, 0.4) is 0 Å². The zero-order valence-corrected chi connectivity index (χ0v) is 10.9. The van der Waals surface area contributed by atoms with Gasteiger partial charge in [-0.1, -0.05) is 42.5 Å². The molecule has 0 heterocycles. The van der Waals surface area contributed by atoms with E-state index in [1.54, 1.807) is 0 Å². The van der Waals surface area contributed by atoms with Crippen LogP contribution in [-0.4, -0.2) is 5.11 Å². The minimum atomic E-state index is -0.619. The molecule has 1 aliphatic carbocycles. The molecule has 2 heteroatoms. The first-order valence-corrected chi connectivity index (χ1v) is 6.76. The fraction of sp³-hybridized carbons (Fsp3) is 0.294. The maximum absolute atomic E-state index is 10.3. The lowest BCUT2D eigenvalue weighted by molar-refractivity contribution is -0.0389. The molecule has 1 saturated carbocycles. The molecule has 98 valence electrons. The van der Waals surface area contributed by atoms with Crippen LogP contribution in [0.5, 0.6) is 5.75 Å². The summed E-state index contributed by atoms with van der Waals surface area (Å²) in [6, 6.07) is 17.9. The Morgan fingerprint density at radius 1 is 1.00 bits per heavy atom. The molecule has 0 radical (unpaired) electrons. The maximum Gasteiger partial charge on any atom is 0.120 e. The smallest absolute Gasteiger partial charge is 0.120 e. The zero-order chi connectivity index (χ0) is 13.1. The topological polar surface area (TPSA) is 29.5 Å².